The average molecular weight is 954 g/mol. The largest absolute Gasteiger partial charge is 0.442 e. The fraction of sp³-hybridized carbons (Fsp3) is 0.0755. The Morgan fingerprint density at radius 1 is 0.717 bits per heavy atom. The van der Waals surface area contributed by atoms with Gasteiger partial charge in [-0.1, -0.05) is 166 Å². The van der Waals surface area contributed by atoms with Gasteiger partial charge in [0, 0.05) is 33.3 Å². The quantitative estimate of drug-likeness (QED) is 0.0947. The molecule has 292 valence electrons. The second-order valence-electron chi connectivity index (χ2n) is 15.7. The number of benzene rings is 6. The Balaban J connectivity index is 0.00000462. The molecule has 0 N–H and O–H groups in total. The Hall–Kier alpha value is -7.06. The van der Waals surface area contributed by atoms with Gasteiger partial charge in [-0.05, 0) is 78.9 Å². The summed E-state index contributed by atoms with van der Waals surface area (Å²) in [5.41, 5.74) is 12.9. The van der Waals surface area contributed by atoms with Gasteiger partial charge < -0.3 is 14.5 Å². The first kappa shape index (κ1) is 38.5. The molecule has 0 spiro atoms. The van der Waals surface area contributed by atoms with E-state index in [-0.39, 0.29) is 26.5 Å². The van der Waals surface area contributed by atoms with Crippen LogP contribution in [0.5, 0.6) is 0 Å². The molecule has 4 heterocycles. The van der Waals surface area contributed by atoms with E-state index in [1.807, 2.05) is 65.4 Å². The molecule has 0 amide bonds. The van der Waals surface area contributed by atoms with Crippen molar-refractivity contribution in [3.63, 3.8) is 0 Å². The van der Waals surface area contributed by atoms with Crippen LogP contribution in [0.1, 0.15) is 37.5 Å². The maximum atomic E-state index is 10.8. The number of nitrogens with zero attached hydrogens (tertiary/aromatic N) is 6. The topological polar surface area (TPSA) is 64.5 Å². The van der Waals surface area contributed by atoms with Crippen molar-refractivity contribution in [2.45, 2.75) is 26.2 Å². The predicted molar refractivity (Wildman–Crippen MR) is 238 cm³/mol. The Morgan fingerprint density at radius 2 is 1.37 bits per heavy atom. The summed E-state index contributed by atoms with van der Waals surface area (Å²) < 4.78 is 6.30. The number of para-hydroxylation sites is 4. The molecule has 60 heavy (non-hydrogen) atoms. The van der Waals surface area contributed by atoms with Crippen molar-refractivity contribution < 1.29 is 25.6 Å². The summed E-state index contributed by atoms with van der Waals surface area (Å²) >= 11 is 0. The van der Waals surface area contributed by atoms with E-state index in [1.165, 1.54) is 5.56 Å². The molecule has 0 bridgehead atoms. The number of rotatable bonds is 6. The first-order valence-corrected chi connectivity index (χ1v) is 19.7. The van der Waals surface area contributed by atoms with Gasteiger partial charge in [0.1, 0.15) is 0 Å². The van der Waals surface area contributed by atoms with Gasteiger partial charge in [-0.15, -0.1) is 29.8 Å². The number of hydrogen-bond acceptors (Lipinski definition) is 2. The molecule has 7 heteroatoms. The van der Waals surface area contributed by atoms with Crippen LogP contribution in [0.2, 0.25) is 0 Å². The number of hydrogen-bond donors (Lipinski definition) is 0. The van der Waals surface area contributed by atoms with Gasteiger partial charge in [0.15, 0.2) is 0 Å². The van der Waals surface area contributed by atoms with E-state index < -0.39 is 0 Å². The number of allylic oxidation sites excluding steroid dienone is 2. The van der Waals surface area contributed by atoms with Crippen molar-refractivity contribution in [3.05, 3.63) is 210 Å². The number of aromatic nitrogens is 4. The van der Waals surface area contributed by atoms with E-state index in [0.29, 0.717) is 16.8 Å². The zero-order chi connectivity index (χ0) is 40.1. The minimum atomic E-state index is -0.0607. The SMILES string of the molecule is CC(C)(C)c1ccnc(-n2c3c(c4ccccc42)C=C/C(=C(\C#N)c2[c-]c(-n4[c-][n+](-c5c(-c6ccccc6)cccc5-c5ccccc5)c5ccccc54)ccc2)[N-]3)c1.[Pt]. The number of pyridine rings is 1. The van der Waals surface area contributed by atoms with E-state index in [0.717, 1.165) is 72.8 Å². The van der Waals surface area contributed by atoms with Gasteiger partial charge in [-0.3, -0.25) is 9.55 Å². The van der Waals surface area contributed by atoms with Crippen molar-refractivity contribution in [2.24, 2.45) is 0 Å². The molecule has 0 unspecified atom stereocenters. The predicted octanol–water partition coefficient (Wildman–Crippen LogP) is 12.4. The van der Waals surface area contributed by atoms with E-state index >= 15 is 0 Å². The van der Waals surface area contributed by atoms with Crippen LogP contribution in [-0.4, -0.2) is 14.1 Å². The Morgan fingerprint density at radius 3 is 2.07 bits per heavy atom. The summed E-state index contributed by atoms with van der Waals surface area (Å²) in [4.78, 5) is 4.82. The van der Waals surface area contributed by atoms with Crippen LogP contribution < -0.4 is 4.57 Å². The molecule has 0 atom stereocenters. The summed E-state index contributed by atoms with van der Waals surface area (Å²) in [6, 6.07) is 60.2. The van der Waals surface area contributed by atoms with Crippen LogP contribution >= 0.6 is 0 Å². The summed E-state index contributed by atoms with van der Waals surface area (Å²) in [5.74, 6) is 1.52. The fourth-order valence-electron chi connectivity index (χ4n) is 8.10. The smallest absolute Gasteiger partial charge is 0.268 e. The molecule has 9 aromatic rings. The molecule has 6 aromatic carbocycles. The minimum absolute atomic E-state index is 0. The van der Waals surface area contributed by atoms with Crippen molar-refractivity contribution in [3.8, 4) is 45.5 Å². The van der Waals surface area contributed by atoms with Gasteiger partial charge in [0.05, 0.1) is 22.5 Å². The molecule has 6 nitrogen and oxygen atoms in total. The summed E-state index contributed by atoms with van der Waals surface area (Å²) in [6.45, 7) is 6.60. The maximum Gasteiger partial charge on any atom is 0.268 e. The molecular weight excluding hydrogens is 916 g/mol. The first-order valence-electron chi connectivity index (χ1n) is 19.7. The fourth-order valence-corrected chi connectivity index (χ4v) is 8.10. The average Bonchev–Trinajstić information content (AvgIpc) is 3.83. The molecule has 1 aliphatic rings. The molecule has 10 rings (SSSR count). The Bertz CT molecular complexity index is 3120. The number of nitriles is 1. The first-order chi connectivity index (χ1) is 28.9. The van der Waals surface area contributed by atoms with Crippen molar-refractivity contribution >= 4 is 39.4 Å². The molecule has 3 aromatic heterocycles. The van der Waals surface area contributed by atoms with Gasteiger partial charge in [-0.25, -0.2) is 5.26 Å². The van der Waals surface area contributed by atoms with Gasteiger partial charge in [0.2, 0.25) is 0 Å². The minimum Gasteiger partial charge on any atom is -0.442 e. The third-order valence-corrected chi connectivity index (χ3v) is 11.0. The van der Waals surface area contributed by atoms with Crippen molar-refractivity contribution in [1.82, 2.24) is 14.1 Å². The second-order valence-corrected chi connectivity index (χ2v) is 15.7. The molecule has 0 saturated heterocycles. The summed E-state index contributed by atoms with van der Waals surface area (Å²) in [5, 5.41) is 17.1. The van der Waals surface area contributed by atoms with E-state index in [1.54, 1.807) is 0 Å². The van der Waals surface area contributed by atoms with E-state index in [2.05, 4.69) is 164 Å². The Labute approximate surface area is 364 Å². The Kier molecular flexibility index (Phi) is 10.0. The van der Waals surface area contributed by atoms with E-state index in [9.17, 15) is 5.26 Å². The van der Waals surface area contributed by atoms with Crippen LogP contribution in [0.4, 0.5) is 5.82 Å². The van der Waals surface area contributed by atoms with Gasteiger partial charge >= 0.3 is 0 Å². The third-order valence-electron chi connectivity index (χ3n) is 11.0. The molecule has 1 aliphatic heterocycles. The number of imidazole rings is 1. The molecule has 0 fully saturated rings. The molecule has 0 radical (unpaired) electrons. The van der Waals surface area contributed by atoms with Crippen LogP contribution in [0, 0.1) is 23.7 Å². The maximum absolute atomic E-state index is 10.8. The monoisotopic (exact) mass is 953 g/mol. The van der Waals surface area contributed by atoms with Crippen LogP contribution in [0.15, 0.2) is 176 Å². The normalized spacial score (nSPS) is 13.0. The van der Waals surface area contributed by atoms with Gasteiger partial charge in [0.25, 0.3) is 6.33 Å². The summed E-state index contributed by atoms with van der Waals surface area (Å²) in [7, 11) is 0. The van der Waals surface area contributed by atoms with Crippen LogP contribution in [-0.2, 0) is 26.5 Å². The molecule has 0 aliphatic carbocycles. The zero-order valence-electron chi connectivity index (χ0n) is 33.2. The molecule has 0 saturated carbocycles. The zero-order valence-corrected chi connectivity index (χ0v) is 35.5. The number of fused-ring (bicyclic) bond motifs is 4. The third kappa shape index (κ3) is 6.68. The second kappa shape index (κ2) is 15.6. The van der Waals surface area contributed by atoms with Crippen molar-refractivity contribution in [2.75, 3.05) is 0 Å². The summed E-state index contributed by atoms with van der Waals surface area (Å²) in [6.07, 6.45) is 9.60. The standard InChI is InChI=1S/C53H38N6.Pt/c1-53(2,3)39-30-31-55-50(33-39)59-47-25-11-10-22-43(47)44-28-29-46(56-52(44)59)45(34-54)38-20-14-21-40(32-38)57-35-58(49-27-13-12-26-48(49)57)51-41(36-16-6-4-7-17-36)23-15-24-42(51)37-18-8-5-9-19-37;/h4-31,33H,1-3H3;/q-2;/b46-45-;. The van der Waals surface area contributed by atoms with Crippen LogP contribution in [0.25, 0.3) is 78.3 Å². The van der Waals surface area contributed by atoms with E-state index in [4.69, 9.17) is 10.3 Å². The van der Waals surface area contributed by atoms with Gasteiger partial charge in [-0.2, -0.15) is 0 Å². The molecular formula is C53H38N6Pt-2. The van der Waals surface area contributed by atoms with Crippen LogP contribution in [0.3, 0.4) is 0 Å². The van der Waals surface area contributed by atoms with Crippen molar-refractivity contribution in [1.29, 1.82) is 5.26 Å².